The van der Waals surface area contributed by atoms with Crippen LogP contribution in [0.4, 0.5) is 0 Å². The maximum Gasteiger partial charge on any atom is 0.0715 e. The van der Waals surface area contributed by atoms with Gasteiger partial charge in [-0.2, -0.15) is 0 Å². The van der Waals surface area contributed by atoms with Crippen LogP contribution < -0.4 is 0 Å². The fourth-order valence-electron chi connectivity index (χ4n) is 17.2. The number of rotatable bonds is 17. The van der Waals surface area contributed by atoms with E-state index in [1.54, 1.807) is 0 Å². The van der Waals surface area contributed by atoms with Crippen molar-refractivity contribution in [3.05, 3.63) is 499 Å². The van der Waals surface area contributed by atoms with Gasteiger partial charge in [-0.1, -0.05) is 397 Å². The van der Waals surface area contributed by atoms with Gasteiger partial charge in [0.15, 0.2) is 0 Å². The molecule has 3 nitrogen and oxygen atoms in total. The summed E-state index contributed by atoms with van der Waals surface area (Å²) in [5.74, 6) is 0. The Morgan fingerprint density at radius 3 is 0.597 bits per heavy atom. The summed E-state index contributed by atoms with van der Waals surface area (Å²) in [5, 5.41) is 0. The standard InChI is InChI=1S/C49H37N.C39H33N.C38H31N/c1-34-21-22-35(2)47(27-34)41-19-12-20-42(28-41)49-33-46(32-48(50-49)40-17-10-5-11-18-40)39-25-23-38(24-26-39)45-30-43(36-13-6-3-7-14-36)29-44(31-45)37-15-8-4-9-16-37;1-26-8-5-12-34(20-26)38-24-36(25-39(40-38)35-13-6-9-27(2)21-35)31-18-16-30(17-19-31)32-10-7-11-33(23-32)37-22-28(3)14-15-29(37)4;1-26-13-16-29(17-14-26)30-18-20-31(21-19-30)35-24-37(32-8-5-4-6-9-32)39-38(25-35)34-11-7-10-33(23-34)36-22-27(2)12-15-28(36)3/h3-33H,1-2H3;5-25H,1-4H3;4-25H,1-3H3. The van der Waals surface area contributed by atoms with Crippen LogP contribution in [0, 0.1) is 62.3 Å². The van der Waals surface area contributed by atoms with Crippen LogP contribution >= 0.6 is 0 Å². The van der Waals surface area contributed by atoms with Gasteiger partial charge in [0.2, 0.25) is 0 Å². The van der Waals surface area contributed by atoms with Crippen molar-refractivity contribution in [3.8, 4) is 190 Å². The van der Waals surface area contributed by atoms with E-state index in [0.717, 1.165) is 84.2 Å². The average Bonchev–Trinajstić information content (AvgIpc) is 0.810. The van der Waals surface area contributed by atoms with Crippen molar-refractivity contribution in [2.24, 2.45) is 0 Å². The van der Waals surface area contributed by atoms with Crippen LogP contribution in [0.25, 0.3) is 190 Å². The Kier molecular flexibility index (Phi) is 25.0. The first-order chi connectivity index (χ1) is 63.0. The number of pyridine rings is 3. The Hall–Kier alpha value is -15.8. The summed E-state index contributed by atoms with van der Waals surface area (Å²) in [4.78, 5) is 15.5. The van der Waals surface area contributed by atoms with Gasteiger partial charge in [-0.3, -0.25) is 0 Å². The molecule has 20 rings (SSSR count). The summed E-state index contributed by atoms with van der Waals surface area (Å²) in [6.45, 7) is 19.4. The quantitative estimate of drug-likeness (QED) is 0.0912. The number of hydrogen-bond acceptors (Lipinski definition) is 3. The third-order valence-electron chi connectivity index (χ3n) is 24.4. The van der Waals surface area contributed by atoms with Crippen molar-refractivity contribution in [1.82, 2.24) is 15.0 Å². The van der Waals surface area contributed by atoms with Gasteiger partial charge in [0, 0.05) is 33.4 Å². The van der Waals surface area contributed by atoms with Gasteiger partial charge in [0.25, 0.3) is 0 Å². The van der Waals surface area contributed by atoms with E-state index in [0.29, 0.717) is 0 Å². The van der Waals surface area contributed by atoms with E-state index < -0.39 is 0 Å². The molecule has 3 heteroatoms. The Morgan fingerprint density at radius 2 is 0.295 bits per heavy atom. The minimum Gasteiger partial charge on any atom is -0.248 e. The zero-order valence-electron chi connectivity index (χ0n) is 74.6. The highest BCUT2D eigenvalue weighted by Crippen LogP contribution is 2.41. The Bertz CT molecular complexity index is 7250. The van der Waals surface area contributed by atoms with Crippen molar-refractivity contribution < 1.29 is 0 Å². The molecule has 0 saturated carbocycles. The largest absolute Gasteiger partial charge is 0.248 e. The van der Waals surface area contributed by atoms with Crippen LogP contribution in [0.15, 0.2) is 449 Å². The first-order valence-corrected chi connectivity index (χ1v) is 44.5. The predicted molar refractivity (Wildman–Crippen MR) is 548 cm³/mol. The Labute approximate surface area is 760 Å². The number of nitrogens with zero attached hydrogens (tertiary/aromatic N) is 3. The molecule has 0 spiro atoms. The second kappa shape index (κ2) is 38.3. The molecule has 20 aromatic rings. The monoisotopic (exact) mass is 1660 g/mol. The minimum atomic E-state index is 0.959. The molecule has 0 unspecified atom stereocenters. The SMILES string of the molecule is Cc1ccc(-c2ccc(-c3cc(-c4ccccc4)nc(-c4cccc(-c5cc(C)ccc5C)c4)c3)cc2)cc1.Cc1ccc(C)c(-c2cccc(-c3cc(-c4ccc(-c5cc(-c6ccccc6)cc(-c6ccccc6)c5)cc4)cc(-c4ccccc4)n3)c2)c1.Cc1cccc(-c2cc(-c3ccc(-c4cccc(-c5cc(C)ccc5C)c4)cc3)cc(-c3cccc(C)c3)n2)c1. The summed E-state index contributed by atoms with van der Waals surface area (Å²) in [6, 6.07) is 161. The molecule has 0 bridgehead atoms. The van der Waals surface area contributed by atoms with Crippen molar-refractivity contribution in [1.29, 1.82) is 0 Å². The van der Waals surface area contributed by atoms with E-state index in [-0.39, 0.29) is 0 Å². The summed E-state index contributed by atoms with van der Waals surface area (Å²) >= 11 is 0. The van der Waals surface area contributed by atoms with Gasteiger partial charge in [-0.05, 0) is 286 Å². The lowest BCUT2D eigenvalue weighted by atomic mass is 9.92. The molecular weight excluding hydrogens is 1560 g/mol. The fourth-order valence-corrected chi connectivity index (χ4v) is 17.2. The highest BCUT2D eigenvalue weighted by molar-refractivity contribution is 5.87. The maximum atomic E-state index is 5.22. The minimum absolute atomic E-state index is 0.959. The molecular formula is C126H101N3. The Balaban J connectivity index is 0.000000132. The van der Waals surface area contributed by atoms with Gasteiger partial charge in [-0.25, -0.2) is 15.0 Å². The first-order valence-electron chi connectivity index (χ1n) is 44.5. The highest BCUT2D eigenvalue weighted by Gasteiger charge is 2.18. The van der Waals surface area contributed by atoms with Crippen LogP contribution in [0.5, 0.6) is 0 Å². The molecule has 0 aliphatic heterocycles. The van der Waals surface area contributed by atoms with Crippen LogP contribution in [0.1, 0.15) is 50.1 Å². The van der Waals surface area contributed by atoms with Crippen molar-refractivity contribution in [2.75, 3.05) is 0 Å². The lowest BCUT2D eigenvalue weighted by molar-refractivity contribution is 1.31. The topological polar surface area (TPSA) is 38.7 Å². The second-order valence-corrected chi connectivity index (χ2v) is 34.2. The molecule has 620 valence electrons. The van der Waals surface area contributed by atoms with E-state index in [9.17, 15) is 0 Å². The number of hydrogen-bond donors (Lipinski definition) is 0. The van der Waals surface area contributed by atoms with Crippen LogP contribution in [0.3, 0.4) is 0 Å². The molecule has 0 saturated heterocycles. The zero-order valence-corrected chi connectivity index (χ0v) is 74.6. The third-order valence-corrected chi connectivity index (χ3v) is 24.4. The van der Waals surface area contributed by atoms with Crippen molar-refractivity contribution in [2.45, 2.75) is 62.3 Å². The van der Waals surface area contributed by atoms with Crippen LogP contribution in [-0.4, -0.2) is 15.0 Å². The fraction of sp³-hybridized carbons (Fsp3) is 0.0714. The maximum absolute atomic E-state index is 5.22. The molecule has 0 aliphatic carbocycles. The van der Waals surface area contributed by atoms with Gasteiger partial charge in [-0.15, -0.1) is 0 Å². The molecule has 0 aliphatic rings. The second-order valence-electron chi connectivity index (χ2n) is 34.2. The number of aryl methyl sites for hydroxylation is 9. The average molecular weight is 1660 g/mol. The van der Waals surface area contributed by atoms with E-state index in [2.05, 4.69) is 505 Å². The Morgan fingerprint density at radius 1 is 0.109 bits per heavy atom. The predicted octanol–water partition coefficient (Wildman–Crippen LogP) is 34.4. The van der Waals surface area contributed by atoms with Gasteiger partial charge >= 0.3 is 0 Å². The molecule has 17 aromatic carbocycles. The molecule has 129 heavy (non-hydrogen) atoms. The summed E-state index contributed by atoms with van der Waals surface area (Å²) < 4.78 is 0. The van der Waals surface area contributed by atoms with E-state index >= 15 is 0 Å². The molecule has 3 heterocycles. The number of aromatic nitrogens is 3. The van der Waals surface area contributed by atoms with E-state index in [1.807, 2.05) is 6.07 Å². The third kappa shape index (κ3) is 20.0. The normalized spacial score (nSPS) is 11.0. The lowest BCUT2D eigenvalue weighted by Gasteiger charge is -2.14. The molecule has 0 fully saturated rings. The summed E-state index contributed by atoms with van der Waals surface area (Å²) in [5.41, 5.74) is 50.5. The van der Waals surface area contributed by atoms with Gasteiger partial charge < -0.3 is 0 Å². The highest BCUT2D eigenvalue weighted by atomic mass is 14.7. The summed E-state index contributed by atoms with van der Waals surface area (Å²) in [6.07, 6.45) is 0. The van der Waals surface area contributed by atoms with Crippen molar-refractivity contribution in [3.63, 3.8) is 0 Å². The zero-order chi connectivity index (χ0) is 88.3. The molecule has 3 aromatic heterocycles. The number of benzene rings is 17. The van der Waals surface area contributed by atoms with Gasteiger partial charge in [0.1, 0.15) is 0 Å². The molecule has 0 atom stereocenters. The van der Waals surface area contributed by atoms with E-state index in [4.69, 9.17) is 15.0 Å². The van der Waals surface area contributed by atoms with Crippen LogP contribution in [-0.2, 0) is 0 Å². The van der Waals surface area contributed by atoms with Crippen LogP contribution in [0.2, 0.25) is 0 Å². The lowest BCUT2D eigenvalue weighted by Crippen LogP contribution is -1.92. The van der Waals surface area contributed by atoms with E-state index in [1.165, 1.54) is 156 Å². The first kappa shape index (κ1) is 84.1. The smallest absolute Gasteiger partial charge is 0.0715 e. The summed E-state index contributed by atoms with van der Waals surface area (Å²) in [7, 11) is 0. The van der Waals surface area contributed by atoms with Crippen molar-refractivity contribution >= 4 is 0 Å². The molecule has 0 N–H and O–H groups in total. The van der Waals surface area contributed by atoms with Gasteiger partial charge in [0.05, 0.1) is 34.2 Å². The molecule has 0 amide bonds. The molecule has 0 radical (unpaired) electrons.